The van der Waals surface area contributed by atoms with Gasteiger partial charge >= 0.3 is 5.97 Å². The fraction of sp³-hybridized carbons (Fsp3) is 0.708. The lowest BCUT2D eigenvalue weighted by atomic mass is 9.80. The van der Waals surface area contributed by atoms with Crippen LogP contribution in [0.4, 0.5) is 0 Å². The lowest BCUT2D eigenvalue weighted by molar-refractivity contribution is -0.157. The number of allylic oxidation sites excluding steroid dienone is 2. The van der Waals surface area contributed by atoms with Gasteiger partial charge in [-0.3, -0.25) is 4.79 Å². The second-order valence-electron chi connectivity index (χ2n) is 9.30. The summed E-state index contributed by atoms with van der Waals surface area (Å²) in [5.74, 6) is -0.0437. The van der Waals surface area contributed by atoms with Crippen LogP contribution in [0, 0.1) is 17.8 Å². The molecule has 0 amide bonds. The summed E-state index contributed by atoms with van der Waals surface area (Å²) in [5, 5.41) is 0. The van der Waals surface area contributed by atoms with Gasteiger partial charge in [-0.05, 0) is 41.9 Å². The molecule has 1 saturated heterocycles. The van der Waals surface area contributed by atoms with Crippen LogP contribution >= 0.6 is 0 Å². The Hall–Kier alpha value is -1.95. The number of ether oxygens (including phenoxy) is 3. The molecule has 6 heteroatoms. The first-order chi connectivity index (χ1) is 16.5. The Morgan fingerprint density at radius 1 is 1.30 bits per heavy atom. The zero-order chi connectivity index (χ0) is 27.0. The van der Waals surface area contributed by atoms with Crippen LogP contribution in [0.5, 0.6) is 0 Å². The van der Waals surface area contributed by atoms with Crippen molar-refractivity contribution < 1.29 is 27.2 Å². The highest BCUT2D eigenvalue weighted by Gasteiger charge is 2.39. The normalized spacial score (nSPS) is 28.9. The topological polar surface area (TPSA) is 74.0 Å². The summed E-state index contributed by atoms with van der Waals surface area (Å²) in [4.78, 5) is 15.0. The van der Waals surface area contributed by atoms with E-state index in [1.807, 2.05) is 13.8 Å². The molecule has 2 aliphatic heterocycles. The molecule has 0 aromatic carbocycles. The maximum Gasteiger partial charge on any atom is 0.323 e. The molecule has 0 aromatic rings. The van der Waals surface area contributed by atoms with Crippen molar-refractivity contribution in [3.05, 3.63) is 34.4 Å². The van der Waals surface area contributed by atoms with Crippen molar-refractivity contribution in [3.63, 3.8) is 0 Å². The van der Waals surface area contributed by atoms with Crippen LogP contribution in [0.3, 0.4) is 0 Å². The van der Waals surface area contributed by atoms with Crippen LogP contribution in [0.25, 0.3) is 0 Å². The number of fused-ring (bicyclic) bond motifs is 2. The molecule has 3 aliphatic rings. The molecular formula is C24H38N2O4. The van der Waals surface area contributed by atoms with Crippen LogP contribution in [0.1, 0.15) is 61.6 Å². The lowest BCUT2D eigenvalue weighted by Gasteiger charge is -2.46. The Morgan fingerprint density at radius 2 is 2.07 bits per heavy atom. The van der Waals surface area contributed by atoms with E-state index in [4.69, 9.17) is 28.2 Å². The number of hydrogen-bond donors (Lipinski definition) is 1. The molecule has 0 spiro atoms. The maximum atomic E-state index is 12.8. The molecule has 0 saturated carbocycles. The van der Waals surface area contributed by atoms with Crippen LogP contribution < -0.4 is 5.73 Å². The molecule has 168 valence electrons. The molecule has 3 atom stereocenters. The zero-order valence-corrected chi connectivity index (χ0v) is 18.4. The lowest BCUT2D eigenvalue weighted by Crippen LogP contribution is -2.48. The number of carbonyl (C=O) groups is 1. The van der Waals surface area contributed by atoms with Gasteiger partial charge in [0.1, 0.15) is 17.9 Å². The summed E-state index contributed by atoms with van der Waals surface area (Å²) in [6.07, 6.45) is 3.32. The van der Waals surface area contributed by atoms with Gasteiger partial charge in [0, 0.05) is 37.5 Å². The average molecular weight is 425 g/mol. The van der Waals surface area contributed by atoms with Crippen LogP contribution in [-0.4, -0.2) is 50.2 Å². The third kappa shape index (κ3) is 4.69. The van der Waals surface area contributed by atoms with Gasteiger partial charge in [0.15, 0.2) is 5.76 Å². The van der Waals surface area contributed by atoms with Crippen molar-refractivity contribution in [1.29, 1.82) is 0 Å². The average Bonchev–Trinajstić information content (AvgIpc) is 2.71. The molecule has 30 heavy (non-hydrogen) atoms. The van der Waals surface area contributed by atoms with Crippen molar-refractivity contribution in [2.24, 2.45) is 23.5 Å². The summed E-state index contributed by atoms with van der Waals surface area (Å²) in [6.45, 7) is 9.46. The Bertz CT molecular complexity index is 936. The number of nitrogens with two attached hydrogens (primary N) is 1. The summed E-state index contributed by atoms with van der Waals surface area (Å²) >= 11 is 0. The molecule has 0 aromatic heterocycles. The zero-order valence-electron chi connectivity index (χ0n) is 24.4. The van der Waals surface area contributed by atoms with Gasteiger partial charge in [-0.2, -0.15) is 0 Å². The standard InChI is InChI=1S/C24H38N2O4/c1-14(2)9-17-13-26-8-7-16-10-21(28-5)22(29-6)11-18(16)19(26)12-20(17)30-24(27)23(25)15(3)4/h10,14-15,17,20,23H,7-9,11-13,25H2,1-6H3/t17-,20-,23+/m1/s1/i5D3,6D3. The molecule has 0 radical (unpaired) electrons. The number of hydrogen-bond acceptors (Lipinski definition) is 6. The van der Waals surface area contributed by atoms with E-state index in [0.29, 0.717) is 25.3 Å². The highest BCUT2D eigenvalue weighted by atomic mass is 16.5. The van der Waals surface area contributed by atoms with Crippen molar-refractivity contribution in [3.8, 4) is 0 Å². The van der Waals surface area contributed by atoms with Crippen molar-refractivity contribution in [2.75, 3.05) is 27.2 Å². The van der Waals surface area contributed by atoms with Gasteiger partial charge in [0.2, 0.25) is 0 Å². The molecule has 6 nitrogen and oxygen atoms in total. The van der Waals surface area contributed by atoms with E-state index in [2.05, 4.69) is 18.7 Å². The Morgan fingerprint density at radius 3 is 2.73 bits per heavy atom. The minimum absolute atomic E-state index is 0.0427. The summed E-state index contributed by atoms with van der Waals surface area (Å²) in [6, 6.07) is -0.710. The molecule has 3 rings (SSSR count). The third-order valence-corrected chi connectivity index (χ3v) is 6.33. The first-order valence-electron chi connectivity index (χ1n) is 13.8. The van der Waals surface area contributed by atoms with Crippen LogP contribution in [0.2, 0.25) is 0 Å². The largest absolute Gasteiger partial charge is 0.497 e. The Balaban J connectivity index is 1.96. The Kier molecular flexibility index (Phi) is 4.98. The van der Waals surface area contributed by atoms with Gasteiger partial charge in [-0.15, -0.1) is 0 Å². The summed E-state index contributed by atoms with van der Waals surface area (Å²) in [5.41, 5.74) is 8.77. The number of carbonyl (C=O) groups excluding carboxylic acids is 1. The molecular weight excluding hydrogens is 380 g/mol. The van der Waals surface area contributed by atoms with Gasteiger partial charge in [0.25, 0.3) is 0 Å². The van der Waals surface area contributed by atoms with Gasteiger partial charge < -0.3 is 24.8 Å². The number of nitrogens with zero attached hydrogens (tertiary/aromatic N) is 1. The van der Waals surface area contributed by atoms with Crippen LogP contribution in [0.15, 0.2) is 34.4 Å². The molecule has 2 N–H and O–H groups in total. The second kappa shape index (κ2) is 9.46. The minimum Gasteiger partial charge on any atom is -0.497 e. The predicted octanol–water partition coefficient (Wildman–Crippen LogP) is 3.74. The van der Waals surface area contributed by atoms with Crippen molar-refractivity contribution in [2.45, 2.75) is 65.5 Å². The molecule has 2 heterocycles. The monoisotopic (exact) mass is 424 g/mol. The molecule has 1 aliphatic carbocycles. The summed E-state index contributed by atoms with van der Waals surface area (Å²) < 4.78 is 61.3. The van der Waals surface area contributed by atoms with E-state index in [1.165, 1.54) is 0 Å². The van der Waals surface area contributed by atoms with Crippen molar-refractivity contribution in [1.82, 2.24) is 4.90 Å². The highest BCUT2D eigenvalue weighted by Crippen LogP contribution is 2.43. The summed E-state index contributed by atoms with van der Waals surface area (Å²) in [7, 11) is -5.51. The maximum absolute atomic E-state index is 12.8. The van der Waals surface area contributed by atoms with E-state index in [9.17, 15) is 4.79 Å². The SMILES string of the molecule is [2H]C([2H])([2H])OC1=C(OC([2H])([2H])[2H])CC2=C3C[C@@H](OC(=O)[C@@H](N)C(C)C)[C@H](CC(C)C)CN3CCC2=C1. The minimum atomic E-state index is -2.76. The highest BCUT2D eigenvalue weighted by molar-refractivity contribution is 5.76. The number of rotatable bonds is 7. The quantitative estimate of drug-likeness (QED) is 0.628. The fourth-order valence-corrected chi connectivity index (χ4v) is 4.63. The van der Waals surface area contributed by atoms with Crippen molar-refractivity contribution >= 4 is 5.97 Å². The molecule has 0 bridgehead atoms. The molecule has 1 fully saturated rings. The van der Waals surface area contributed by atoms with Gasteiger partial charge in [-0.25, -0.2) is 0 Å². The van der Waals surface area contributed by atoms with Crippen LogP contribution in [-0.2, 0) is 19.0 Å². The number of piperidine rings is 1. The van der Waals surface area contributed by atoms with Gasteiger partial charge in [0.05, 0.1) is 22.3 Å². The first-order valence-corrected chi connectivity index (χ1v) is 10.8. The number of esters is 1. The Labute approximate surface area is 189 Å². The second-order valence-corrected chi connectivity index (χ2v) is 9.30. The van der Waals surface area contributed by atoms with Gasteiger partial charge in [-0.1, -0.05) is 27.7 Å². The number of methoxy groups -OCH3 is 2. The molecule has 0 unspecified atom stereocenters. The van der Waals surface area contributed by atoms with E-state index in [-0.39, 0.29) is 35.9 Å². The van der Waals surface area contributed by atoms with E-state index >= 15 is 0 Å². The predicted molar refractivity (Wildman–Crippen MR) is 117 cm³/mol. The van der Waals surface area contributed by atoms with E-state index in [0.717, 1.165) is 29.8 Å². The first kappa shape index (κ1) is 15.8. The van der Waals surface area contributed by atoms with E-state index < -0.39 is 26.1 Å². The fourth-order valence-electron chi connectivity index (χ4n) is 4.63. The van der Waals surface area contributed by atoms with E-state index in [1.54, 1.807) is 6.08 Å². The third-order valence-electron chi connectivity index (χ3n) is 6.33. The smallest absolute Gasteiger partial charge is 0.323 e.